The van der Waals surface area contributed by atoms with E-state index in [9.17, 15) is 4.79 Å². The van der Waals surface area contributed by atoms with Gasteiger partial charge in [-0.15, -0.1) is 0 Å². The van der Waals surface area contributed by atoms with Crippen molar-refractivity contribution in [1.29, 1.82) is 0 Å². The summed E-state index contributed by atoms with van der Waals surface area (Å²) in [5.41, 5.74) is 2.25. The summed E-state index contributed by atoms with van der Waals surface area (Å²) in [6, 6.07) is 5.21. The lowest BCUT2D eigenvalue weighted by molar-refractivity contribution is -0.107. The molecule has 1 aromatic carbocycles. The van der Waals surface area contributed by atoms with Crippen LogP contribution < -0.4 is 0 Å². The summed E-state index contributed by atoms with van der Waals surface area (Å²) >= 11 is 12.1. The number of aromatic nitrogens is 1. The van der Waals surface area contributed by atoms with Crippen molar-refractivity contribution in [3.05, 3.63) is 39.6 Å². The fraction of sp³-hybridized carbons (Fsp3) is 0.286. The molecule has 98 valence electrons. The van der Waals surface area contributed by atoms with Crippen molar-refractivity contribution >= 4 is 29.5 Å². The summed E-state index contributed by atoms with van der Waals surface area (Å²) in [5.74, 6) is 1.23. The van der Waals surface area contributed by atoms with E-state index in [-0.39, 0.29) is 0 Å². The molecule has 2 aromatic rings. The maximum Gasteiger partial charge on any atom is 0.144 e. The van der Waals surface area contributed by atoms with Gasteiger partial charge in [-0.2, -0.15) is 0 Å². The van der Waals surface area contributed by atoms with Crippen molar-refractivity contribution in [2.24, 2.45) is 0 Å². The molecule has 19 heavy (non-hydrogen) atoms. The van der Waals surface area contributed by atoms with Crippen molar-refractivity contribution < 1.29 is 9.32 Å². The second-order valence-electron chi connectivity index (χ2n) is 4.64. The van der Waals surface area contributed by atoms with Crippen molar-refractivity contribution in [3.63, 3.8) is 0 Å². The van der Waals surface area contributed by atoms with Crippen LogP contribution in [0.15, 0.2) is 22.7 Å². The quantitative estimate of drug-likeness (QED) is 0.791. The lowest BCUT2D eigenvalue weighted by Gasteiger charge is -2.03. The van der Waals surface area contributed by atoms with Crippen molar-refractivity contribution in [2.45, 2.75) is 25.2 Å². The summed E-state index contributed by atoms with van der Waals surface area (Å²) in [5, 5.41) is 5.17. The van der Waals surface area contributed by atoms with E-state index in [4.69, 9.17) is 27.7 Å². The summed E-state index contributed by atoms with van der Waals surface area (Å²) in [6.07, 6.45) is 3.35. The summed E-state index contributed by atoms with van der Waals surface area (Å²) in [4.78, 5) is 10.9. The number of nitrogens with zero attached hydrogens (tertiary/aromatic N) is 1. The number of carbonyl (C=O) groups excluding carboxylic acids is 1. The molecular formula is C14H11Cl2NO2. The summed E-state index contributed by atoms with van der Waals surface area (Å²) < 4.78 is 5.41. The van der Waals surface area contributed by atoms with Gasteiger partial charge in [-0.3, -0.25) is 0 Å². The van der Waals surface area contributed by atoms with E-state index in [1.165, 1.54) is 0 Å². The van der Waals surface area contributed by atoms with Gasteiger partial charge in [-0.25, -0.2) is 0 Å². The van der Waals surface area contributed by atoms with E-state index in [0.717, 1.165) is 36.0 Å². The Labute approximate surface area is 120 Å². The standard InChI is InChI=1S/C14H11Cl2NO2/c15-9-3-4-10(12(16)7-9)13-11(5-6-18)14(19-17-13)8-1-2-8/h3-4,6-8H,1-2,5H2. The van der Waals surface area contributed by atoms with E-state index in [0.29, 0.717) is 28.1 Å². The smallest absolute Gasteiger partial charge is 0.144 e. The number of carbonyl (C=O) groups is 1. The Morgan fingerprint density at radius 3 is 2.79 bits per heavy atom. The predicted molar refractivity (Wildman–Crippen MR) is 73.7 cm³/mol. The number of rotatable bonds is 4. The Hall–Kier alpha value is -1.32. The number of hydrogen-bond donors (Lipinski definition) is 0. The third-order valence-corrected chi connectivity index (χ3v) is 3.79. The molecule has 1 heterocycles. The highest BCUT2D eigenvalue weighted by Crippen LogP contribution is 2.44. The van der Waals surface area contributed by atoms with Gasteiger partial charge in [-0.1, -0.05) is 28.4 Å². The highest BCUT2D eigenvalue weighted by Gasteiger charge is 2.32. The van der Waals surface area contributed by atoms with Crippen molar-refractivity contribution in [2.75, 3.05) is 0 Å². The van der Waals surface area contributed by atoms with Gasteiger partial charge in [0.25, 0.3) is 0 Å². The van der Waals surface area contributed by atoms with Crippen molar-refractivity contribution in [3.8, 4) is 11.3 Å². The number of aldehydes is 1. The Balaban J connectivity index is 2.10. The molecule has 1 aliphatic carbocycles. The number of benzene rings is 1. The molecule has 0 N–H and O–H groups in total. The van der Waals surface area contributed by atoms with E-state index in [2.05, 4.69) is 5.16 Å². The molecule has 1 aromatic heterocycles. The molecule has 1 saturated carbocycles. The van der Waals surface area contributed by atoms with E-state index in [1.807, 2.05) is 0 Å². The SMILES string of the molecule is O=CCc1c(-c2ccc(Cl)cc2Cl)noc1C1CC1. The monoisotopic (exact) mass is 295 g/mol. The van der Waals surface area contributed by atoms with E-state index < -0.39 is 0 Å². The van der Waals surface area contributed by atoms with Crippen LogP contribution in [0, 0.1) is 0 Å². The van der Waals surface area contributed by atoms with Gasteiger partial charge in [0.15, 0.2) is 0 Å². The molecule has 1 aliphatic rings. The van der Waals surface area contributed by atoms with Crippen LogP contribution in [0.1, 0.15) is 30.1 Å². The Kier molecular flexibility index (Phi) is 3.33. The first kappa shape index (κ1) is 12.7. The molecule has 0 unspecified atom stereocenters. The highest BCUT2D eigenvalue weighted by molar-refractivity contribution is 6.36. The van der Waals surface area contributed by atoms with Gasteiger partial charge in [0.2, 0.25) is 0 Å². The zero-order valence-corrected chi connectivity index (χ0v) is 11.5. The summed E-state index contributed by atoms with van der Waals surface area (Å²) in [6.45, 7) is 0. The molecule has 0 aliphatic heterocycles. The van der Waals surface area contributed by atoms with Gasteiger partial charge >= 0.3 is 0 Å². The Bertz CT molecular complexity index is 632. The largest absolute Gasteiger partial charge is 0.360 e. The zero-order valence-electron chi connectivity index (χ0n) is 10.0. The van der Waals surface area contributed by atoms with Crippen LogP contribution in [0.3, 0.4) is 0 Å². The summed E-state index contributed by atoms with van der Waals surface area (Å²) in [7, 11) is 0. The minimum atomic E-state index is 0.295. The van der Waals surface area contributed by atoms with Crippen molar-refractivity contribution in [1.82, 2.24) is 5.16 Å². The molecule has 3 nitrogen and oxygen atoms in total. The zero-order chi connectivity index (χ0) is 13.4. The fourth-order valence-electron chi connectivity index (χ4n) is 2.16. The van der Waals surface area contributed by atoms with E-state index >= 15 is 0 Å². The molecule has 0 spiro atoms. The first-order chi connectivity index (χ1) is 9.20. The first-order valence-corrected chi connectivity index (χ1v) is 6.83. The number of halogens is 2. The van der Waals surface area contributed by atoms with Crippen LogP contribution in [0.5, 0.6) is 0 Å². The minimum absolute atomic E-state index is 0.295. The molecule has 0 amide bonds. The maximum atomic E-state index is 10.9. The maximum absolute atomic E-state index is 10.9. The Morgan fingerprint density at radius 2 is 2.16 bits per heavy atom. The van der Waals surface area contributed by atoms with Gasteiger partial charge in [0.1, 0.15) is 17.7 Å². The second-order valence-corrected chi connectivity index (χ2v) is 5.49. The van der Waals surface area contributed by atoms with E-state index in [1.54, 1.807) is 18.2 Å². The molecule has 0 radical (unpaired) electrons. The third-order valence-electron chi connectivity index (χ3n) is 3.24. The van der Waals surface area contributed by atoms with Gasteiger partial charge in [0.05, 0.1) is 5.02 Å². The minimum Gasteiger partial charge on any atom is -0.360 e. The lowest BCUT2D eigenvalue weighted by atomic mass is 10.0. The molecular weight excluding hydrogens is 285 g/mol. The van der Waals surface area contributed by atoms with Gasteiger partial charge < -0.3 is 9.32 Å². The third kappa shape index (κ3) is 2.40. The van der Waals surface area contributed by atoms with Crippen LogP contribution in [0.4, 0.5) is 0 Å². The lowest BCUT2D eigenvalue weighted by Crippen LogP contribution is -1.93. The average molecular weight is 296 g/mol. The molecule has 3 rings (SSSR count). The van der Waals surface area contributed by atoms with Gasteiger partial charge in [-0.05, 0) is 31.0 Å². The second kappa shape index (κ2) is 4.99. The molecule has 5 heteroatoms. The van der Waals surface area contributed by atoms with Crippen LogP contribution in [-0.4, -0.2) is 11.4 Å². The topological polar surface area (TPSA) is 43.1 Å². The van der Waals surface area contributed by atoms with Gasteiger partial charge in [0, 0.05) is 28.5 Å². The normalized spacial score (nSPS) is 14.6. The van der Waals surface area contributed by atoms with Crippen LogP contribution >= 0.6 is 23.2 Å². The predicted octanol–water partition coefficient (Wildman–Crippen LogP) is 4.27. The highest BCUT2D eigenvalue weighted by atomic mass is 35.5. The van der Waals surface area contributed by atoms with Crippen LogP contribution in [0.25, 0.3) is 11.3 Å². The fourth-order valence-corrected chi connectivity index (χ4v) is 2.66. The van der Waals surface area contributed by atoms with Crippen LogP contribution in [-0.2, 0) is 11.2 Å². The first-order valence-electron chi connectivity index (χ1n) is 6.08. The average Bonchev–Trinajstić information content (AvgIpc) is 3.13. The van der Waals surface area contributed by atoms with Crippen LogP contribution in [0.2, 0.25) is 10.0 Å². The molecule has 1 fully saturated rings. The molecule has 0 saturated heterocycles. The molecule has 0 bridgehead atoms. The molecule has 0 atom stereocenters. The number of hydrogen-bond acceptors (Lipinski definition) is 3. The Morgan fingerprint density at radius 1 is 1.37 bits per heavy atom.